The lowest BCUT2D eigenvalue weighted by atomic mass is 10.0. The molecule has 2 atom stereocenters. The SMILES string of the molecule is Brc1ccsc1C(Br)CC1CCOC1. The average Bonchev–Trinajstić information content (AvgIpc) is 2.75. The molecule has 0 aliphatic carbocycles. The van der Waals surface area contributed by atoms with E-state index in [1.165, 1.54) is 22.2 Å². The van der Waals surface area contributed by atoms with Crippen molar-refractivity contribution in [2.45, 2.75) is 17.7 Å². The first-order valence-corrected chi connectivity index (χ1v) is 7.31. The molecule has 14 heavy (non-hydrogen) atoms. The van der Waals surface area contributed by atoms with E-state index in [0.717, 1.165) is 19.1 Å². The molecule has 4 heteroatoms. The van der Waals surface area contributed by atoms with Gasteiger partial charge < -0.3 is 4.74 Å². The Morgan fingerprint density at radius 2 is 2.50 bits per heavy atom. The van der Waals surface area contributed by atoms with E-state index < -0.39 is 0 Å². The fourth-order valence-electron chi connectivity index (χ4n) is 1.70. The number of rotatable bonds is 3. The van der Waals surface area contributed by atoms with Gasteiger partial charge in [-0.2, -0.15) is 0 Å². The Hall–Kier alpha value is 0.620. The summed E-state index contributed by atoms with van der Waals surface area (Å²) in [6.07, 6.45) is 2.39. The lowest BCUT2D eigenvalue weighted by Crippen LogP contribution is -2.02. The minimum Gasteiger partial charge on any atom is -0.381 e. The number of alkyl halides is 1. The Bertz CT molecular complexity index is 294. The van der Waals surface area contributed by atoms with Gasteiger partial charge in [0.2, 0.25) is 0 Å². The van der Waals surface area contributed by atoms with Gasteiger partial charge in [-0.15, -0.1) is 11.3 Å². The van der Waals surface area contributed by atoms with Crippen molar-refractivity contribution in [3.63, 3.8) is 0 Å². The second-order valence-electron chi connectivity index (χ2n) is 3.57. The zero-order valence-corrected chi connectivity index (χ0v) is 11.7. The van der Waals surface area contributed by atoms with E-state index in [2.05, 4.69) is 43.3 Å². The van der Waals surface area contributed by atoms with Crippen molar-refractivity contribution in [2.24, 2.45) is 5.92 Å². The Balaban J connectivity index is 1.95. The Labute approximate surface area is 105 Å². The predicted octanol–water partition coefficient (Wildman–Crippen LogP) is 4.37. The first-order chi connectivity index (χ1) is 6.77. The summed E-state index contributed by atoms with van der Waals surface area (Å²) in [7, 11) is 0. The predicted molar refractivity (Wildman–Crippen MR) is 67.2 cm³/mol. The molecular formula is C10H12Br2OS. The van der Waals surface area contributed by atoms with Crippen molar-refractivity contribution in [3.05, 3.63) is 20.8 Å². The van der Waals surface area contributed by atoms with Crippen LogP contribution in [-0.4, -0.2) is 13.2 Å². The summed E-state index contributed by atoms with van der Waals surface area (Å²) in [6.45, 7) is 1.88. The fraction of sp³-hybridized carbons (Fsp3) is 0.600. The van der Waals surface area contributed by atoms with Crippen molar-refractivity contribution in [1.29, 1.82) is 0 Å². The smallest absolute Gasteiger partial charge is 0.0504 e. The molecule has 0 saturated carbocycles. The maximum atomic E-state index is 5.38. The van der Waals surface area contributed by atoms with Gasteiger partial charge in [0, 0.05) is 22.6 Å². The van der Waals surface area contributed by atoms with Gasteiger partial charge in [-0.05, 0) is 46.1 Å². The summed E-state index contributed by atoms with van der Waals surface area (Å²) in [5.74, 6) is 0.730. The van der Waals surface area contributed by atoms with Crippen molar-refractivity contribution in [2.75, 3.05) is 13.2 Å². The standard InChI is InChI=1S/C10H12Br2OS/c11-8-2-4-14-10(8)9(12)5-7-1-3-13-6-7/h2,4,7,9H,1,3,5-6H2. The highest BCUT2D eigenvalue weighted by molar-refractivity contribution is 9.11. The van der Waals surface area contributed by atoms with Gasteiger partial charge in [-0.1, -0.05) is 15.9 Å². The molecule has 2 unspecified atom stereocenters. The molecular weight excluding hydrogens is 328 g/mol. The summed E-state index contributed by atoms with van der Waals surface area (Å²) < 4.78 is 6.60. The van der Waals surface area contributed by atoms with Crippen LogP contribution in [0.5, 0.6) is 0 Å². The van der Waals surface area contributed by atoms with E-state index in [-0.39, 0.29) is 0 Å². The van der Waals surface area contributed by atoms with Crippen LogP contribution in [0.15, 0.2) is 15.9 Å². The third-order valence-electron chi connectivity index (χ3n) is 2.49. The quantitative estimate of drug-likeness (QED) is 0.743. The Morgan fingerprint density at radius 1 is 1.64 bits per heavy atom. The Morgan fingerprint density at radius 3 is 3.07 bits per heavy atom. The maximum Gasteiger partial charge on any atom is 0.0504 e. The van der Waals surface area contributed by atoms with Crippen molar-refractivity contribution >= 4 is 43.2 Å². The van der Waals surface area contributed by atoms with Crippen LogP contribution in [0.3, 0.4) is 0 Å². The molecule has 0 bridgehead atoms. The summed E-state index contributed by atoms with van der Waals surface area (Å²) >= 11 is 9.12. The Kier molecular flexibility index (Phi) is 4.05. The van der Waals surface area contributed by atoms with Crippen LogP contribution in [0.4, 0.5) is 0 Å². The van der Waals surface area contributed by atoms with Gasteiger partial charge in [-0.25, -0.2) is 0 Å². The third kappa shape index (κ3) is 2.60. The number of hydrogen-bond donors (Lipinski definition) is 0. The number of ether oxygens (including phenoxy) is 1. The maximum absolute atomic E-state index is 5.38. The van der Waals surface area contributed by atoms with Crippen LogP contribution in [0.25, 0.3) is 0 Å². The van der Waals surface area contributed by atoms with E-state index in [1.54, 1.807) is 11.3 Å². The van der Waals surface area contributed by atoms with Crippen LogP contribution >= 0.6 is 43.2 Å². The molecule has 1 nitrogen and oxygen atoms in total. The van der Waals surface area contributed by atoms with E-state index in [4.69, 9.17) is 4.74 Å². The molecule has 1 fully saturated rings. The summed E-state index contributed by atoms with van der Waals surface area (Å²) in [5, 5.41) is 2.12. The summed E-state index contributed by atoms with van der Waals surface area (Å²) in [4.78, 5) is 1.88. The normalized spacial score (nSPS) is 24.0. The van der Waals surface area contributed by atoms with Crippen LogP contribution < -0.4 is 0 Å². The first-order valence-electron chi connectivity index (χ1n) is 4.72. The molecule has 1 aliphatic heterocycles. The highest BCUT2D eigenvalue weighted by atomic mass is 79.9. The number of hydrogen-bond acceptors (Lipinski definition) is 2. The molecule has 0 aromatic carbocycles. The highest BCUT2D eigenvalue weighted by Gasteiger charge is 2.21. The fourth-order valence-corrected chi connectivity index (χ4v) is 4.74. The highest BCUT2D eigenvalue weighted by Crippen LogP contribution is 2.39. The molecule has 0 spiro atoms. The molecule has 0 amide bonds. The second kappa shape index (κ2) is 5.10. The van der Waals surface area contributed by atoms with Gasteiger partial charge >= 0.3 is 0 Å². The zero-order valence-electron chi connectivity index (χ0n) is 7.71. The van der Waals surface area contributed by atoms with E-state index >= 15 is 0 Å². The molecule has 1 aromatic heterocycles. The van der Waals surface area contributed by atoms with Crippen LogP contribution in [0.2, 0.25) is 0 Å². The zero-order chi connectivity index (χ0) is 9.97. The molecule has 1 saturated heterocycles. The molecule has 1 aromatic rings. The van der Waals surface area contributed by atoms with Gasteiger partial charge in [0.05, 0.1) is 4.83 Å². The molecule has 0 radical (unpaired) electrons. The monoisotopic (exact) mass is 338 g/mol. The van der Waals surface area contributed by atoms with Gasteiger partial charge in [0.15, 0.2) is 0 Å². The number of halogens is 2. The molecule has 78 valence electrons. The van der Waals surface area contributed by atoms with Gasteiger partial charge in [-0.3, -0.25) is 0 Å². The van der Waals surface area contributed by atoms with Crippen LogP contribution in [0.1, 0.15) is 22.5 Å². The van der Waals surface area contributed by atoms with Gasteiger partial charge in [0.1, 0.15) is 0 Å². The van der Waals surface area contributed by atoms with E-state index in [0.29, 0.717) is 4.83 Å². The van der Waals surface area contributed by atoms with Crippen molar-refractivity contribution < 1.29 is 4.74 Å². The van der Waals surface area contributed by atoms with Crippen LogP contribution in [-0.2, 0) is 4.74 Å². The number of thiophene rings is 1. The van der Waals surface area contributed by atoms with E-state index in [9.17, 15) is 0 Å². The summed E-state index contributed by atoms with van der Waals surface area (Å²) in [5.41, 5.74) is 0. The minimum atomic E-state index is 0.476. The molecule has 1 aliphatic rings. The molecule has 2 heterocycles. The minimum absolute atomic E-state index is 0.476. The van der Waals surface area contributed by atoms with Gasteiger partial charge in [0.25, 0.3) is 0 Å². The largest absolute Gasteiger partial charge is 0.381 e. The van der Waals surface area contributed by atoms with E-state index in [1.807, 2.05) is 0 Å². The third-order valence-corrected chi connectivity index (χ3v) is 5.61. The average molecular weight is 340 g/mol. The topological polar surface area (TPSA) is 9.23 Å². The summed E-state index contributed by atoms with van der Waals surface area (Å²) in [6, 6.07) is 2.11. The first kappa shape index (κ1) is 11.1. The van der Waals surface area contributed by atoms with Crippen molar-refractivity contribution in [3.8, 4) is 0 Å². The molecule has 0 N–H and O–H groups in total. The second-order valence-corrected chi connectivity index (χ2v) is 6.47. The van der Waals surface area contributed by atoms with Crippen molar-refractivity contribution in [1.82, 2.24) is 0 Å². The van der Waals surface area contributed by atoms with Crippen LogP contribution in [0, 0.1) is 5.92 Å². The lowest BCUT2D eigenvalue weighted by Gasteiger charge is -2.12. The lowest BCUT2D eigenvalue weighted by molar-refractivity contribution is 0.184. The molecule has 2 rings (SSSR count).